The monoisotopic (exact) mass is 283 g/mol. The maximum absolute atomic E-state index is 9.67. The van der Waals surface area contributed by atoms with Crippen LogP contribution in [0.4, 0.5) is 17.3 Å². The molecule has 0 unspecified atom stereocenters. The lowest BCUT2D eigenvalue weighted by atomic mass is 9.80. The molecule has 1 saturated heterocycles. The van der Waals surface area contributed by atoms with Gasteiger partial charge in [0.2, 0.25) is 0 Å². The summed E-state index contributed by atoms with van der Waals surface area (Å²) in [4.78, 5) is 6.74. The van der Waals surface area contributed by atoms with Crippen LogP contribution in [0, 0.1) is 11.3 Å². The van der Waals surface area contributed by atoms with E-state index < -0.39 is 0 Å². The van der Waals surface area contributed by atoms with Crippen molar-refractivity contribution in [2.24, 2.45) is 0 Å². The van der Waals surface area contributed by atoms with Gasteiger partial charge in [0.15, 0.2) is 5.82 Å². The summed E-state index contributed by atoms with van der Waals surface area (Å²) in [5, 5.41) is 13.0. The Hall–Kier alpha value is -2.22. The van der Waals surface area contributed by atoms with Crippen molar-refractivity contribution in [3.8, 4) is 6.07 Å². The minimum atomic E-state index is -0.225. The van der Waals surface area contributed by atoms with E-state index in [2.05, 4.69) is 41.2 Å². The Morgan fingerprint density at radius 1 is 1.38 bits per heavy atom. The first-order valence-corrected chi connectivity index (χ1v) is 7.39. The molecule has 0 amide bonds. The molecule has 0 radical (unpaired) electrons. The number of allylic oxidation sites excluding steroid dienone is 2. The summed E-state index contributed by atoms with van der Waals surface area (Å²) in [6, 6.07) is 2.34. The van der Waals surface area contributed by atoms with E-state index in [0.29, 0.717) is 11.4 Å². The molecule has 21 heavy (non-hydrogen) atoms. The summed E-state index contributed by atoms with van der Waals surface area (Å²) in [7, 11) is 0. The molecule has 0 aliphatic carbocycles. The highest BCUT2D eigenvalue weighted by Crippen LogP contribution is 2.44. The van der Waals surface area contributed by atoms with E-state index in [1.807, 2.05) is 6.92 Å². The number of hydrogen-bond donors (Lipinski definition) is 2. The highest BCUT2D eigenvalue weighted by Gasteiger charge is 2.33. The van der Waals surface area contributed by atoms with E-state index in [1.165, 1.54) is 0 Å². The number of nitriles is 1. The highest BCUT2D eigenvalue weighted by molar-refractivity contribution is 5.81. The molecular weight excluding hydrogens is 262 g/mol. The average molecular weight is 283 g/mol. The van der Waals surface area contributed by atoms with Crippen molar-refractivity contribution in [3.05, 3.63) is 22.9 Å². The fraction of sp³-hybridized carbons (Fsp3) is 0.500. The van der Waals surface area contributed by atoms with Crippen LogP contribution in [0.25, 0.3) is 0 Å². The summed E-state index contributed by atoms with van der Waals surface area (Å²) in [6.07, 6.45) is 4.41. The van der Waals surface area contributed by atoms with Gasteiger partial charge in [0, 0.05) is 29.8 Å². The van der Waals surface area contributed by atoms with Crippen LogP contribution in [0.15, 0.2) is 11.8 Å². The lowest BCUT2D eigenvalue weighted by Gasteiger charge is -2.33. The van der Waals surface area contributed by atoms with E-state index in [9.17, 15) is 5.26 Å². The largest absolute Gasteiger partial charge is 0.383 e. The average Bonchev–Trinajstić information content (AvgIpc) is 2.89. The van der Waals surface area contributed by atoms with Crippen LogP contribution >= 0.6 is 0 Å². The lowest BCUT2D eigenvalue weighted by Crippen LogP contribution is -2.28. The third kappa shape index (κ3) is 2.11. The molecule has 1 fully saturated rings. The molecule has 2 aliphatic rings. The molecule has 2 aliphatic heterocycles. The molecule has 110 valence electrons. The number of pyridine rings is 1. The van der Waals surface area contributed by atoms with Crippen molar-refractivity contribution >= 4 is 17.3 Å². The topological polar surface area (TPSA) is 78.0 Å². The van der Waals surface area contributed by atoms with Crippen LogP contribution in [0.2, 0.25) is 0 Å². The minimum Gasteiger partial charge on any atom is -0.383 e. The van der Waals surface area contributed by atoms with Crippen LogP contribution in [-0.2, 0) is 5.41 Å². The van der Waals surface area contributed by atoms with E-state index >= 15 is 0 Å². The lowest BCUT2D eigenvalue weighted by molar-refractivity contribution is 0.657. The van der Waals surface area contributed by atoms with Crippen LogP contribution in [0.3, 0.4) is 0 Å². The van der Waals surface area contributed by atoms with Gasteiger partial charge in [0.1, 0.15) is 17.5 Å². The Kier molecular flexibility index (Phi) is 3.05. The standard InChI is InChI=1S/C16H21N5/c1-10-8-16(2,3)12-13(19-10)11(9-17)15(20-14(12)18)21-6-4-5-7-21/h8,19H,4-7H2,1-3H3,(H2,18,20). The van der Waals surface area contributed by atoms with Gasteiger partial charge < -0.3 is 16.0 Å². The Morgan fingerprint density at radius 3 is 2.67 bits per heavy atom. The van der Waals surface area contributed by atoms with Gasteiger partial charge in [-0.25, -0.2) is 4.98 Å². The predicted molar refractivity (Wildman–Crippen MR) is 85.2 cm³/mol. The molecule has 0 saturated carbocycles. The number of aromatic nitrogens is 1. The number of nitrogens with two attached hydrogens (primary N) is 1. The second kappa shape index (κ2) is 4.66. The zero-order valence-electron chi connectivity index (χ0n) is 12.8. The van der Waals surface area contributed by atoms with Gasteiger partial charge in [-0.2, -0.15) is 5.26 Å². The van der Waals surface area contributed by atoms with Crippen LogP contribution in [0.1, 0.15) is 44.7 Å². The zero-order chi connectivity index (χ0) is 15.2. The second-order valence-corrected chi connectivity index (χ2v) is 6.43. The zero-order valence-corrected chi connectivity index (χ0v) is 12.8. The fourth-order valence-electron chi connectivity index (χ4n) is 3.48. The molecule has 3 rings (SSSR count). The van der Waals surface area contributed by atoms with E-state index in [1.54, 1.807) is 0 Å². The smallest absolute Gasteiger partial charge is 0.151 e. The molecular formula is C16H21N5. The van der Waals surface area contributed by atoms with Gasteiger partial charge in [-0.1, -0.05) is 19.9 Å². The molecule has 0 spiro atoms. The maximum Gasteiger partial charge on any atom is 0.151 e. The number of nitrogen functional groups attached to an aromatic ring is 1. The SMILES string of the molecule is CC1=CC(C)(C)c2c(N)nc(N3CCCC3)c(C#N)c2N1. The van der Waals surface area contributed by atoms with Crippen molar-refractivity contribution in [2.45, 2.75) is 39.0 Å². The number of fused-ring (bicyclic) bond motifs is 1. The molecule has 5 nitrogen and oxygen atoms in total. The van der Waals surface area contributed by atoms with Crippen LogP contribution in [0.5, 0.6) is 0 Å². The quantitative estimate of drug-likeness (QED) is 0.828. The second-order valence-electron chi connectivity index (χ2n) is 6.43. The van der Waals surface area contributed by atoms with E-state index in [4.69, 9.17) is 5.73 Å². The summed E-state index contributed by atoms with van der Waals surface area (Å²) >= 11 is 0. The molecule has 0 atom stereocenters. The number of anilines is 3. The summed E-state index contributed by atoms with van der Waals surface area (Å²) in [6.45, 7) is 8.10. The third-order valence-corrected chi connectivity index (χ3v) is 4.27. The normalized spacial score (nSPS) is 19.5. The minimum absolute atomic E-state index is 0.225. The van der Waals surface area contributed by atoms with Crippen LogP contribution < -0.4 is 16.0 Å². The molecule has 3 N–H and O–H groups in total. The first-order valence-electron chi connectivity index (χ1n) is 7.39. The Morgan fingerprint density at radius 2 is 2.05 bits per heavy atom. The highest BCUT2D eigenvalue weighted by atomic mass is 15.2. The summed E-state index contributed by atoms with van der Waals surface area (Å²) in [5.74, 6) is 1.25. The van der Waals surface area contributed by atoms with Crippen molar-refractivity contribution in [1.82, 2.24) is 4.98 Å². The van der Waals surface area contributed by atoms with Crippen molar-refractivity contribution in [1.29, 1.82) is 5.26 Å². The van der Waals surface area contributed by atoms with Gasteiger partial charge in [-0.05, 0) is 19.8 Å². The van der Waals surface area contributed by atoms with Gasteiger partial charge in [-0.3, -0.25) is 0 Å². The number of rotatable bonds is 1. The Balaban J connectivity index is 2.24. The number of nitrogens with one attached hydrogen (secondary N) is 1. The van der Waals surface area contributed by atoms with Gasteiger partial charge >= 0.3 is 0 Å². The van der Waals surface area contributed by atoms with E-state index in [-0.39, 0.29) is 5.41 Å². The molecule has 0 aromatic carbocycles. The molecule has 5 heteroatoms. The first kappa shape index (κ1) is 13.7. The third-order valence-electron chi connectivity index (χ3n) is 4.27. The van der Waals surface area contributed by atoms with Crippen molar-refractivity contribution in [3.63, 3.8) is 0 Å². The fourth-order valence-corrected chi connectivity index (χ4v) is 3.48. The molecule has 1 aromatic heterocycles. The van der Waals surface area contributed by atoms with Gasteiger partial charge in [-0.15, -0.1) is 0 Å². The van der Waals surface area contributed by atoms with Crippen molar-refractivity contribution < 1.29 is 0 Å². The van der Waals surface area contributed by atoms with Gasteiger partial charge in [0.05, 0.1) is 5.69 Å². The summed E-state index contributed by atoms with van der Waals surface area (Å²) in [5.41, 5.74) is 9.42. The Labute approximate surface area is 125 Å². The summed E-state index contributed by atoms with van der Waals surface area (Å²) < 4.78 is 0. The molecule has 3 heterocycles. The van der Waals surface area contributed by atoms with Gasteiger partial charge in [0.25, 0.3) is 0 Å². The van der Waals surface area contributed by atoms with Crippen molar-refractivity contribution in [2.75, 3.05) is 29.0 Å². The predicted octanol–water partition coefficient (Wildman–Crippen LogP) is 2.74. The maximum atomic E-state index is 9.67. The Bertz CT molecular complexity index is 660. The first-order chi connectivity index (χ1) is 9.94. The number of nitrogens with zero attached hydrogens (tertiary/aromatic N) is 3. The number of hydrogen-bond acceptors (Lipinski definition) is 5. The van der Waals surface area contributed by atoms with E-state index in [0.717, 1.165) is 48.7 Å². The van der Waals surface area contributed by atoms with Crippen LogP contribution in [-0.4, -0.2) is 18.1 Å². The molecule has 0 bridgehead atoms. The molecule has 1 aromatic rings.